The van der Waals surface area contributed by atoms with Crippen molar-refractivity contribution in [3.63, 3.8) is 0 Å². The molecule has 0 spiro atoms. The van der Waals surface area contributed by atoms with Gasteiger partial charge in [0.1, 0.15) is 5.36 Å². The van der Waals surface area contributed by atoms with Crippen LogP contribution in [0.1, 0.15) is 6.42 Å². The number of hydrogen-bond donors (Lipinski definition) is 0. The van der Waals surface area contributed by atoms with Gasteiger partial charge in [0.05, 0.1) is 0 Å². The molecule has 0 atom stereocenters. The first-order valence-corrected chi connectivity index (χ1v) is 7.27. The fourth-order valence-corrected chi connectivity index (χ4v) is 2.47. The van der Waals surface area contributed by atoms with Crippen LogP contribution in [0.3, 0.4) is 0 Å². The van der Waals surface area contributed by atoms with E-state index in [0.717, 1.165) is 41.3 Å². The summed E-state index contributed by atoms with van der Waals surface area (Å²) in [4.78, 5) is 7.03. The van der Waals surface area contributed by atoms with E-state index >= 15 is 0 Å². The second kappa shape index (κ2) is 6.06. The molecule has 0 fully saturated rings. The zero-order valence-corrected chi connectivity index (χ0v) is 12.5. The molecule has 4 heteroatoms. The van der Waals surface area contributed by atoms with Crippen molar-refractivity contribution in [3.05, 3.63) is 54.0 Å². The van der Waals surface area contributed by atoms with Gasteiger partial charge in [0.15, 0.2) is 6.20 Å². The fourth-order valence-electron chi connectivity index (χ4n) is 2.47. The van der Waals surface area contributed by atoms with E-state index in [9.17, 15) is 0 Å². The van der Waals surface area contributed by atoms with Crippen molar-refractivity contribution in [2.75, 3.05) is 27.2 Å². The molecule has 3 rings (SSSR count). The molecule has 1 aromatic carbocycles. The van der Waals surface area contributed by atoms with Crippen LogP contribution >= 0.6 is 0 Å². The molecule has 2 heterocycles. The molecule has 0 radical (unpaired) electrons. The van der Waals surface area contributed by atoms with Crippen LogP contribution in [0.2, 0.25) is 0 Å². The highest BCUT2D eigenvalue weighted by Gasteiger charge is 2.03. The van der Waals surface area contributed by atoms with Crippen molar-refractivity contribution >= 4 is 16.4 Å². The van der Waals surface area contributed by atoms with E-state index in [2.05, 4.69) is 36.2 Å². The molecule has 0 aliphatic carbocycles. The van der Waals surface area contributed by atoms with Crippen LogP contribution in [0.15, 0.2) is 53.7 Å². The van der Waals surface area contributed by atoms with E-state index in [0.29, 0.717) is 0 Å². The fraction of sp³-hybridized carbons (Fsp3) is 0.294. The number of fused-ring (bicyclic) bond motifs is 2. The van der Waals surface area contributed by atoms with Crippen molar-refractivity contribution in [1.29, 1.82) is 0 Å². The zero-order chi connectivity index (χ0) is 14.7. The van der Waals surface area contributed by atoms with Crippen LogP contribution in [-0.2, 0) is 0 Å². The number of nitrogens with zero attached hydrogens (tertiary/aromatic N) is 4. The van der Waals surface area contributed by atoms with Crippen LogP contribution < -0.4 is 15.0 Å². The Kier molecular flexibility index (Phi) is 3.97. The third-order valence-electron chi connectivity index (χ3n) is 3.49. The molecule has 0 saturated carbocycles. The lowest BCUT2D eigenvalue weighted by molar-refractivity contribution is -0.584. The van der Waals surface area contributed by atoms with Crippen molar-refractivity contribution < 1.29 is 4.52 Å². The Morgan fingerprint density at radius 2 is 1.90 bits per heavy atom. The van der Waals surface area contributed by atoms with Gasteiger partial charge in [-0.1, -0.05) is 29.8 Å². The van der Waals surface area contributed by atoms with Crippen LogP contribution in [0, 0.1) is 0 Å². The predicted molar refractivity (Wildman–Crippen MR) is 84.0 cm³/mol. The number of aromatic nitrogens is 2. The molecule has 4 nitrogen and oxygen atoms in total. The summed E-state index contributed by atoms with van der Waals surface area (Å²) in [5.74, 6) is 0. The van der Waals surface area contributed by atoms with Crippen molar-refractivity contribution in [2.24, 2.45) is 4.99 Å². The van der Waals surface area contributed by atoms with Crippen LogP contribution in [0.5, 0.6) is 0 Å². The van der Waals surface area contributed by atoms with E-state index in [4.69, 9.17) is 4.99 Å². The predicted octanol–water partition coefficient (Wildman–Crippen LogP) is 1.39. The highest BCUT2D eigenvalue weighted by atomic mass is 15.2. The van der Waals surface area contributed by atoms with Crippen molar-refractivity contribution in [3.8, 4) is 0 Å². The smallest absolute Gasteiger partial charge is 0.226 e. The van der Waals surface area contributed by atoms with Gasteiger partial charge in [-0.05, 0) is 38.5 Å². The highest BCUT2D eigenvalue weighted by Crippen LogP contribution is 2.05. The Hall–Kier alpha value is -2.20. The molecule has 3 aromatic rings. The normalized spacial score (nSPS) is 12.6. The molecular formula is C17H20N4. The maximum atomic E-state index is 4.85. The summed E-state index contributed by atoms with van der Waals surface area (Å²) in [7, 11) is 4.18. The molecule has 21 heavy (non-hydrogen) atoms. The molecule has 0 bridgehead atoms. The minimum absolute atomic E-state index is 0.830. The third-order valence-corrected chi connectivity index (χ3v) is 3.49. The molecule has 0 N–H and O–H groups in total. The average Bonchev–Trinajstić information content (AvgIpc) is 2.50. The van der Waals surface area contributed by atoms with Gasteiger partial charge in [0.2, 0.25) is 5.52 Å². The van der Waals surface area contributed by atoms with Gasteiger partial charge in [-0.25, -0.2) is 4.52 Å². The summed E-state index contributed by atoms with van der Waals surface area (Å²) in [5, 5.41) is 6.80. The lowest BCUT2D eigenvalue weighted by Crippen LogP contribution is -2.34. The summed E-state index contributed by atoms with van der Waals surface area (Å²) >= 11 is 0. The molecule has 0 unspecified atom stereocenters. The van der Waals surface area contributed by atoms with Gasteiger partial charge < -0.3 is 10.00 Å². The second-order valence-electron chi connectivity index (χ2n) is 5.43. The topological polar surface area (TPSA) is 33.8 Å². The lowest BCUT2D eigenvalue weighted by atomic mass is 10.2. The van der Waals surface area contributed by atoms with Crippen LogP contribution in [0.4, 0.5) is 0 Å². The van der Waals surface area contributed by atoms with E-state index in [1.165, 1.54) is 0 Å². The molecule has 108 valence electrons. The quantitative estimate of drug-likeness (QED) is 0.411. The Morgan fingerprint density at radius 1 is 1.10 bits per heavy atom. The first-order chi connectivity index (χ1) is 10.3. The summed E-state index contributed by atoms with van der Waals surface area (Å²) in [6.07, 6.45) is 3.03. The molecule has 0 aliphatic heterocycles. The van der Waals surface area contributed by atoms with Gasteiger partial charge in [0.25, 0.3) is 0 Å². The number of hydrogen-bond acceptors (Lipinski definition) is 2. The van der Waals surface area contributed by atoms with Gasteiger partial charge in [-0.15, -0.1) is 0 Å². The third kappa shape index (κ3) is 2.95. The van der Waals surface area contributed by atoms with E-state index < -0.39 is 0 Å². The Balaban J connectivity index is 2.13. The molecule has 2 aromatic heterocycles. The Morgan fingerprint density at radius 3 is 2.76 bits per heavy atom. The second-order valence-corrected chi connectivity index (χ2v) is 5.43. The number of rotatable bonds is 4. The van der Waals surface area contributed by atoms with Crippen LogP contribution in [-0.4, -0.2) is 32.1 Å². The zero-order valence-electron chi connectivity index (χ0n) is 12.5. The van der Waals surface area contributed by atoms with E-state index in [1.807, 2.05) is 41.0 Å². The van der Waals surface area contributed by atoms with E-state index in [1.54, 1.807) is 0 Å². The maximum Gasteiger partial charge on any atom is 0.226 e. The Labute approximate surface area is 124 Å². The summed E-state index contributed by atoms with van der Waals surface area (Å²) < 4.78 is 1.91. The summed E-state index contributed by atoms with van der Waals surface area (Å²) in [6, 6.07) is 14.3. The maximum absolute atomic E-state index is 4.85. The summed E-state index contributed by atoms with van der Waals surface area (Å²) in [6.45, 7) is 1.88. The van der Waals surface area contributed by atoms with Gasteiger partial charge in [0, 0.05) is 18.7 Å². The monoisotopic (exact) mass is 280 g/mol. The minimum Gasteiger partial charge on any atom is -0.404 e. The molecule has 0 saturated heterocycles. The van der Waals surface area contributed by atoms with Crippen molar-refractivity contribution in [1.82, 2.24) is 10.00 Å². The average molecular weight is 280 g/mol. The minimum atomic E-state index is 0.830. The highest BCUT2D eigenvalue weighted by molar-refractivity contribution is 5.79. The first kappa shape index (κ1) is 13.8. The largest absolute Gasteiger partial charge is 0.404 e. The Bertz CT molecular complexity index is 760. The molecule has 0 aliphatic rings. The van der Waals surface area contributed by atoms with E-state index in [-0.39, 0.29) is 0 Å². The van der Waals surface area contributed by atoms with Gasteiger partial charge in [-0.3, -0.25) is 4.99 Å². The number of benzene rings is 1. The van der Waals surface area contributed by atoms with Gasteiger partial charge >= 0.3 is 0 Å². The molecular weight excluding hydrogens is 260 g/mol. The summed E-state index contributed by atoms with van der Waals surface area (Å²) in [5.41, 5.74) is 2.04. The first-order valence-electron chi connectivity index (χ1n) is 7.27. The molecule has 0 amide bonds. The van der Waals surface area contributed by atoms with Crippen LogP contribution in [0.25, 0.3) is 16.4 Å². The van der Waals surface area contributed by atoms with Crippen molar-refractivity contribution in [2.45, 2.75) is 6.42 Å². The lowest BCUT2D eigenvalue weighted by Gasteiger charge is -2.09. The standard InChI is InChI=1S/C17H20N4/c1-20(2)12-7-11-18-17-14-8-3-4-9-15(14)19-21-13-6-5-10-16(17)21/h3-6,8-10,13H,7,11-12H2,1-2H3. The number of pyridine rings is 1. The van der Waals surface area contributed by atoms with Gasteiger partial charge in [-0.2, -0.15) is 0 Å². The SMILES string of the molecule is CN(C)CCCN=c1c2ccccc2[n-][n+]2ccccc12.